The fourth-order valence-corrected chi connectivity index (χ4v) is 15.4. The first-order valence-electron chi connectivity index (χ1n) is 32.2. The minimum absolute atomic E-state index is 0.186. The van der Waals surface area contributed by atoms with E-state index in [2.05, 4.69) is 24.0 Å². The van der Waals surface area contributed by atoms with Gasteiger partial charge in [0.1, 0.15) is 22.1 Å². The number of H-pyrrole nitrogens is 2. The largest absolute Gasteiger partial charge is 0.277 e. The van der Waals surface area contributed by atoms with Crippen LogP contribution in [0, 0.1) is 0 Å². The maximum atomic E-state index is 16.7. The lowest BCUT2D eigenvalue weighted by Crippen LogP contribution is -2.45. The molecule has 9 rings (SSSR count). The molecule has 0 bridgehead atoms. The molecule has 2 atom stereocenters. The molecule has 7 aromatic rings. The normalized spacial score (nSPS) is 15.3. The van der Waals surface area contributed by atoms with E-state index in [1.807, 2.05) is 12.1 Å². The Labute approximate surface area is 613 Å². The van der Waals surface area contributed by atoms with Gasteiger partial charge in [-0.2, -0.15) is 10.0 Å². The van der Waals surface area contributed by atoms with E-state index >= 15 is 9.59 Å². The standard InChI is InChI=1S/C69H72Cl12N8O6/c1-3-5-7-9-11-13-15-17-19-22-28-40-30-26-34-43(36-40)86(88-47(90)38-45(70)66(88)92)64-50(68(94)84(82-64)62-58(78)54(74)52(72)55(75)59(62)79)49(42-32-24-21-25-33-42)51-65(83-85(69(51)95)63-60(80)56(76)53(73)57(77)61(63)81)87(89-48(91)39-46(71)67(89)93)44-35-27-31-41(37-44)29-23-20-18-16-14-12-10-8-6-4-2/h21,24-27,30-37,45-46,49,82-83H,3-20,22-23,28-29,38-39H2,1-2H3. The highest BCUT2D eigenvalue weighted by Gasteiger charge is 2.48. The van der Waals surface area contributed by atoms with E-state index in [1.54, 1.807) is 66.7 Å². The number of unbranched alkanes of at least 4 members (excludes halogenated alkanes) is 18. The van der Waals surface area contributed by atoms with Crippen LogP contribution in [0.3, 0.4) is 0 Å². The number of amides is 4. The van der Waals surface area contributed by atoms with Gasteiger partial charge in [0.05, 0.1) is 91.5 Å². The summed E-state index contributed by atoms with van der Waals surface area (Å²) in [5, 5.41) is 4.47. The van der Waals surface area contributed by atoms with Gasteiger partial charge in [-0.15, -0.1) is 23.2 Å². The number of anilines is 4. The molecule has 0 spiro atoms. The number of aryl methyl sites for hydroxylation is 2. The number of carbonyl (C=O) groups excluding carboxylic acids is 4. The van der Waals surface area contributed by atoms with Crippen molar-refractivity contribution in [2.75, 3.05) is 10.0 Å². The van der Waals surface area contributed by atoms with Crippen LogP contribution in [0.1, 0.15) is 189 Å². The van der Waals surface area contributed by atoms with Crippen LogP contribution < -0.4 is 21.1 Å². The number of halogens is 12. The number of nitrogens with zero attached hydrogens (tertiary/aromatic N) is 6. The quantitative estimate of drug-likeness (QED) is 0.0135. The molecule has 5 aromatic carbocycles. The number of rotatable bonds is 33. The molecule has 2 aromatic heterocycles. The molecule has 14 nitrogen and oxygen atoms in total. The minimum atomic E-state index is -1.75. The van der Waals surface area contributed by atoms with Crippen molar-refractivity contribution in [3.05, 3.63) is 178 Å². The molecule has 4 amide bonds. The van der Waals surface area contributed by atoms with E-state index in [0.717, 1.165) is 94.7 Å². The van der Waals surface area contributed by atoms with Gasteiger partial charge < -0.3 is 0 Å². The van der Waals surface area contributed by atoms with Crippen LogP contribution in [-0.4, -0.2) is 64.0 Å². The summed E-state index contributed by atoms with van der Waals surface area (Å²) in [6, 6.07) is 22.4. The molecule has 0 saturated carbocycles. The highest BCUT2D eigenvalue weighted by Crippen LogP contribution is 2.50. The summed E-state index contributed by atoms with van der Waals surface area (Å²) in [4.78, 5) is 92.5. The zero-order valence-electron chi connectivity index (χ0n) is 52.4. The summed E-state index contributed by atoms with van der Waals surface area (Å²) in [6.07, 6.45) is 22.5. The van der Waals surface area contributed by atoms with Crippen LogP contribution in [0.25, 0.3) is 11.4 Å². The predicted octanol–water partition coefficient (Wildman–Crippen LogP) is 22.1. The topological polar surface area (TPSA) is 157 Å². The van der Waals surface area contributed by atoms with Crippen LogP contribution >= 0.6 is 139 Å². The molecule has 4 heterocycles. The van der Waals surface area contributed by atoms with Crippen molar-refractivity contribution in [2.24, 2.45) is 0 Å². The predicted molar refractivity (Wildman–Crippen MR) is 391 cm³/mol. The number of hydrogen-bond acceptors (Lipinski definition) is 8. The molecule has 2 saturated heterocycles. The Hall–Kier alpha value is -4.52. The van der Waals surface area contributed by atoms with E-state index in [1.165, 1.54) is 74.2 Å². The van der Waals surface area contributed by atoms with Crippen LogP contribution in [0.15, 0.2) is 88.5 Å². The van der Waals surface area contributed by atoms with Gasteiger partial charge in [-0.05, 0) is 66.6 Å². The lowest BCUT2D eigenvalue weighted by Gasteiger charge is -2.34. The first-order chi connectivity index (χ1) is 45.6. The second-order valence-corrected chi connectivity index (χ2v) is 28.8. The average Bonchev–Trinajstić information content (AvgIpc) is 1.59. The van der Waals surface area contributed by atoms with Crippen molar-refractivity contribution in [3.8, 4) is 11.4 Å². The van der Waals surface area contributed by atoms with E-state index in [-0.39, 0.29) is 101 Å². The SMILES string of the molecule is CCCCCCCCCCCCc1cccc(N(c2[nH]n(-c3c(Cl)c(Cl)c(Cl)c(Cl)c3Cl)c(=O)c2C(c2ccccc2)c2c(N(c3cccc(CCCCCCCCCCCC)c3)N3C(=O)CC(Cl)C3=O)[nH]n(-c3c(Cl)c(Cl)c(Cl)c(Cl)c3Cl)c2=O)N2C(=O)CC(Cl)C2=O)c1. The zero-order chi connectivity index (χ0) is 68.4. The zero-order valence-corrected chi connectivity index (χ0v) is 61.4. The van der Waals surface area contributed by atoms with Gasteiger partial charge in [-0.3, -0.25) is 39.0 Å². The molecule has 0 aliphatic carbocycles. The van der Waals surface area contributed by atoms with Crippen molar-refractivity contribution in [1.29, 1.82) is 0 Å². The molecule has 2 fully saturated rings. The Kier molecular flexibility index (Phi) is 27.1. The second-order valence-electron chi connectivity index (χ2n) is 24.0. The first kappa shape index (κ1) is 74.7. The van der Waals surface area contributed by atoms with Crippen LogP contribution in [0.5, 0.6) is 0 Å². The monoisotopic (exact) mass is 1530 g/mol. The van der Waals surface area contributed by atoms with Gasteiger partial charge in [0.15, 0.2) is 11.6 Å². The number of hydrogen-bond donors (Lipinski definition) is 2. The number of aromatic amines is 2. The summed E-state index contributed by atoms with van der Waals surface area (Å²) in [5.41, 5.74) is -1.29. The van der Waals surface area contributed by atoms with Crippen LogP contribution in [0.4, 0.5) is 23.0 Å². The Morgan fingerprint density at radius 3 is 1.04 bits per heavy atom. The third-order valence-corrected chi connectivity index (χ3v) is 22.4. The van der Waals surface area contributed by atoms with Gasteiger partial charge in [-0.25, -0.2) is 19.4 Å². The minimum Gasteiger partial charge on any atom is -0.274 e. The highest BCUT2D eigenvalue weighted by atomic mass is 35.5. The van der Waals surface area contributed by atoms with E-state index in [0.29, 0.717) is 12.8 Å². The third kappa shape index (κ3) is 16.5. The molecule has 2 aliphatic rings. The van der Waals surface area contributed by atoms with Gasteiger partial charge in [0.2, 0.25) is 0 Å². The van der Waals surface area contributed by atoms with Crippen molar-refractivity contribution in [1.82, 2.24) is 29.6 Å². The van der Waals surface area contributed by atoms with E-state index < -0.39 is 64.3 Å². The van der Waals surface area contributed by atoms with E-state index in [9.17, 15) is 19.2 Å². The van der Waals surface area contributed by atoms with Crippen molar-refractivity contribution >= 4 is 186 Å². The molecule has 2 aliphatic heterocycles. The number of nitrogens with one attached hydrogen (secondary N) is 2. The lowest BCUT2D eigenvalue weighted by atomic mass is 9.86. The molecular weight excluding hydrogens is 1460 g/mol. The maximum absolute atomic E-state index is 16.7. The third-order valence-electron chi connectivity index (χ3n) is 17.2. The van der Waals surface area contributed by atoms with Crippen LogP contribution in [-0.2, 0) is 32.0 Å². The van der Waals surface area contributed by atoms with Crippen molar-refractivity contribution in [3.63, 3.8) is 0 Å². The number of aromatic nitrogens is 4. The van der Waals surface area contributed by atoms with Gasteiger partial charge in [0, 0.05) is 0 Å². The maximum Gasteiger partial charge on any atom is 0.277 e. The summed E-state index contributed by atoms with van der Waals surface area (Å²) < 4.78 is 1.81. The number of carbonyl (C=O) groups is 4. The summed E-state index contributed by atoms with van der Waals surface area (Å²) in [5.74, 6) is -5.67. The van der Waals surface area contributed by atoms with Gasteiger partial charge in [0.25, 0.3) is 34.7 Å². The summed E-state index contributed by atoms with van der Waals surface area (Å²) in [7, 11) is 0. The Balaban J connectivity index is 1.32. The fourth-order valence-electron chi connectivity index (χ4n) is 12.3. The Morgan fingerprint density at radius 1 is 0.411 bits per heavy atom. The first-order valence-corrected chi connectivity index (χ1v) is 36.9. The smallest absolute Gasteiger partial charge is 0.274 e. The average molecular weight is 1530 g/mol. The van der Waals surface area contributed by atoms with Crippen molar-refractivity contribution in [2.45, 2.75) is 185 Å². The molecule has 0 radical (unpaired) electrons. The molecular formula is C69H72Cl12N8O6. The Morgan fingerprint density at radius 2 is 0.726 bits per heavy atom. The number of alkyl halides is 2. The van der Waals surface area contributed by atoms with E-state index in [4.69, 9.17) is 139 Å². The second kappa shape index (κ2) is 34.5. The van der Waals surface area contributed by atoms with Crippen LogP contribution in [0.2, 0.25) is 50.2 Å². The number of benzene rings is 5. The summed E-state index contributed by atoms with van der Waals surface area (Å²) >= 11 is 82.2. The molecule has 95 heavy (non-hydrogen) atoms. The summed E-state index contributed by atoms with van der Waals surface area (Å²) in [6.45, 7) is 4.41. The molecule has 2 N–H and O–H groups in total. The number of hydrazine groups is 2. The Bertz CT molecular complexity index is 3770. The number of imide groups is 2. The van der Waals surface area contributed by atoms with Gasteiger partial charge >= 0.3 is 0 Å². The molecule has 508 valence electrons. The van der Waals surface area contributed by atoms with Gasteiger partial charge in [-0.1, -0.05) is 300 Å². The molecule has 26 heteroatoms. The molecule has 2 unspecified atom stereocenters. The van der Waals surface area contributed by atoms with Crippen molar-refractivity contribution < 1.29 is 19.2 Å². The fraction of sp³-hybridized carbons (Fsp3) is 0.420. The lowest BCUT2D eigenvalue weighted by molar-refractivity contribution is -0.140. The highest BCUT2D eigenvalue weighted by molar-refractivity contribution is 6.57.